The Hall–Kier alpha value is -2.07. The molecule has 0 aliphatic carbocycles. The highest BCUT2D eigenvalue weighted by Gasteiger charge is 2.05. The summed E-state index contributed by atoms with van der Waals surface area (Å²) in [7, 11) is 0. The van der Waals surface area contributed by atoms with Crippen LogP contribution < -0.4 is 5.32 Å². The molecule has 0 radical (unpaired) electrons. The lowest BCUT2D eigenvalue weighted by Crippen LogP contribution is -2.15. The SMILES string of the molecule is Cc1ccc(F)c(NC(=O)CN=[N+]=[N-])c1. The Balaban J connectivity index is 2.75. The number of hydrogen-bond acceptors (Lipinski definition) is 2. The van der Waals surface area contributed by atoms with Gasteiger partial charge in [0.2, 0.25) is 5.91 Å². The third-order valence-corrected chi connectivity index (χ3v) is 1.67. The summed E-state index contributed by atoms with van der Waals surface area (Å²) in [5, 5.41) is 5.37. The number of benzene rings is 1. The van der Waals surface area contributed by atoms with E-state index >= 15 is 0 Å². The van der Waals surface area contributed by atoms with E-state index < -0.39 is 11.7 Å². The molecule has 1 N–H and O–H groups in total. The molecule has 1 rings (SSSR count). The zero-order valence-corrected chi connectivity index (χ0v) is 8.07. The van der Waals surface area contributed by atoms with E-state index in [-0.39, 0.29) is 12.2 Å². The maximum atomic E-state index is 13.1. The molecule has 0 unspecified atom stereocenters. The monoisotopic (exact) mass is 208 g/mol. The minimum atomic E-state index is -0.544. The van der Waals surface area contributed by atoms with Crippen LogP contribution in [-0.4, -0.2) is 12.5 Å². The number of hydrogen-bond donors (Lipinski definition) is 1. The molecule has 0 spiro atoms. The largest absolute Gasteiger partial charge is 0.323 e. The summed E-state index contributed by atoms with van der Waals surface area (Å²) in [6, 6.07) is 4.36. The highest BCUT2D eigenvalue weighted by molar-refractivity contribution is 5.92. The normalized spacial score (nSPS) is 9.20. The number of rotatable bonds is 3. The van der Waals surface area contributed by atoms with Crippen molar-refractivity contribution in [3.05, 3.63) is 40.0 Å². The number of azide groups is 1. The second-order valence-electron chi connectivity index (χ2n) is 2.92. The molecular formula is C9H9FN4O. The summed E-state index contributed by atoms with van der Waals surface area (Å²) >= 11 is 0. The van der Waals surface area contributed by atoms with Gasteiger partial charge in [-0.15, -0.1) is 0 Å². The van der Waals surface area contributed by atoms with Gasteiger partial charge in [-0.2, -0.15) is 0 Å². The summed E-state index contributed by atoms with van der Waals surface area (Å²) in [6.45, 7) is 1.44. The molecule has 0 heterocycles. The Kier molecular flexibility index (Phi) is 3.65. The number of aryl methyl sites for hydroxylation is 1. The first-order chi connectivity index (χ1) is 7.13. The van der Waals surface area contributed by atoms with E-state index in [9.17, 15) is 9.18 Å². The molecule has 0 atom stereocenters. The lowest BCUT2D eigenvalue weighted by atomic mass is 10.2. The lowest BCUT2D eigenvalue weighted by molar-refractivity contribution is -0.114. The maximum absolute atomic E-state index is 13.1. The van der Waals surface area contributed by atoms with E-state index in [1.165, 1.54) is 12.1 Å². The van der Waals surface area contributed by atoms with E-state index in [0.717, 1.165) is 5.56 Å². The first kappa shape index (κ1) is 11.0. The van der Waals surface area contributed by atoms with Crippen molar-refractivity contribution in [1.29, 1.82) is 0 Å². The fourth-order valence-electron chi connectivity index (χ4n) is 1.02. The molecular weight excluding hydrogens is 199 g/mol. The molecule has 1 aromatic rings. The second kappa shape index (κ2) is 4.97. The zero-order valence-electron chi connectivity index (χ0n) is 8.07. The van der Waals surface area contributed by atoms with E-state index in [0.29, 0.717) is 0 Å². The van der Waals surface area contributed by atoms with Crippen molar-refractivity contribution in [2.45, 2.75) is 6.92 Å². The van der Waals surface area contributed by atoms with Crippen LogP contribution in [0.1, 0.15) is 5.56 Å². The number of carbonyl (C=O) groups excluding carboxylic acids is 1. The van der Waals surface area contributed by atoms with Crippen LogP contribution in [0.3, 0.4) is 0 Å². The fraction of sp³-hybridized carbons (Fsp3) is 0.222. The Labute approximate surface area is 85.5 Å². The second-order valence-corrected chi connectivity index (χ2v) is 2.92. The van der Waals surface area contributed by atoms with Crippen LogP contribution in [0.15, 0.2) is 23.3 Å². The van der Waals surface area contributed by atoms with Crippen molar-refractivity contribution < 1.29 is 9.18 Å². The number of nitrogens with one attached hydrogen (secondary N) is 1. The Morgan fingerprint density at radius 2 is 2.40 bits per heavy atom. The van der Waals surface area contributed by atoms with Gasteiger partial charge in [0.25, 0.3) is 0 Å². The van der Waals surface area contributed by atoms with Crippen molar-refractivity contribution >= 4 is 11.6 Å². The number of nitrogens with zero attached hydrogens (tertiary/aromatic N) is 3. The summed E-state index contributed by atoms with van der Waals surface area (Å²) in [5.74, 6) is -1.06. The van der Waals surface area contributed by atoms with Gasteiger partial charge in [-0.1, -0.05) is 11.2 Å². The molecule has 0 aliphatic heterocycles. The third kappa shape index (κ3) is 3.28. The smallest absolute Gasteiger partial charge is 0.230 e. The van der Waals surface area contributed by atoms with Crippen molar-refractivity contribution in [2.75, 3.05) is 11.9 Å². The Morgan fingerprint density at radius 1 is 1.67 bits per heavy atom. The summed E-state index contributed by atoms with van der Waals surface area (Å²) in [6.07, 6.45) is 0. The third-order valence-electron chi connectivity index (χ3n) is 1.67. The van der Waals surface area contributed by atoms with E-state index in [2.05, 4.69) is 15.3 Å². The zero-order chi connectivity index (χ0) is 11.3. The Morgan fingerprint density at radius 3 is 3.07 bits per heavy atom. The average Bonchev–Trinajstić information content (AvgIpc) is 2.20. The minimum Gasteiger partial charge on any atom is -0.323 e. The number of anilines is 1. The molecule has 1 aromatic carbocycles. The standard InChI is InChI=1S/C9H9FN4O/c1-6-2-3-7(10)8(4-6)13-9(15)5-12-14-11/h2-4H,5H2,1H3,(H,13,15). The minimum absolute atomic E-state index is 0.0909. The van der Waals surface area contributed by atoms with Crippen LogP contribution in [-0.2, 0) is 4.79 Å². The molecule has 0 saturated heterocycles. The maximum Gasteiger partial charge on any atom is 0.230 e. The average molecular weight is 208 g/mol. The van der Waals surface area contributed by atoms with Gasteiger partial charge in [-0.25, -0.2) is 4.39 Å². The lowest BCUT2D eigenvalue weighted by Gasteiger charge is -2.05. The van der Waals surface area contributed by atoms with E-state index in [4.69, 9.17) is 5.53 Å². The predicted octanol–water partition coefficient (Wildman–Crippen LogP) is 2.38. The molecule has 6 heteroatoms. The van der Waals surface area contributed by atoms with Crippen molar-refractivity contribution in [3.8, 4) is 0 Å². The van der Waals surface area contributed by atoms with Crippen LogP contribution in [0, 0.1) is 12.7 Å². The number of halogens is 1. The fourth-order valence-corrected chi connectivity index (χ4v) is 1.02. The van der Waals surface area contributed by atoms with Crippen LogP contribution >= 0.6 is 0 Å². The van der Waals surface area contributed by atoms with Crippen molar-refractivity contribution in [2.24, 2.45) is 5.11 Å². The van der Waals surface area contributed by atoms with Gasteiger partial charge in [0.1, 0.15) is 12.4 Å². The molecule has 15 heavy (non-hydrogen) atoms. The molecule has 0 aromatic heterocycles. The first-order valence-electron chi connectivity index (χ1n) is 4.20. The van der Waals surface area contributed by atoms with Gasteiger partial charge >= 0.3 is 0 Å². The first-order valence-corrected chi connectivity index (χ1v) is 4.20. The van der Waals surface area contributed by atoms with Gasteiger partial charge in [-0.05, 0) is 30.2 Å². The molecule has 1 amide bonds. The topological polar surface area (TPSA) is 77.9 Å². The van der Waals surface area contributed by atoms with Gasteiger partial charge in [0.15, 0.2) is 0 Å². The summed E-state index contributed by atoms with van der Waals surface area (Å²) < 4.78 is 13.1. The number of amides is 1. The summed E-state index contributed by atoms with van der Waals surface area (Å²) in [5.41, 5.74) is 8.90. The quantitative estimate of drug-likeness (QED) is 0.462. The van der Waals surface area contributed by atoms with Crippen molar-refractivity contribution in [1.82, 2.24) is 0 Å². The van der Waals surface area contributed by atoms with Gasteiger partial charge < -0.3 is 5.32 Å². The van der Waals surface area contributed by atoms with Crippen LogP contribution in [0.4, 0.5) is 10.1 Å². The van der Waals surface area contributed by atoms with Gasteiger partial charge in [0.05, 0.1) is 5.69 Å². The highest BCUT2D eigenvalue weighted by atomic mass is 19.1. The van der Waals surface area contributed by atoms with Crippen LogP contribution in [0.25, 0.3) is 10.4 Å². The van der Waals surface area contributed by atoms with Crippen LogP contribution in [0.5, 0.6) is 0 Å². The molecule has 78 valence electrons. The van der Waals surface area contributed by atoms with Crippen LogP contribution in [0.2, 0.25) is 0 Å². The molecule has 0 aliphatic rings. The van der Waals surface area contributed by atoms with Gasteiger partial charge in [-0.3, -0.25) is 4.79 Å². The molecule has 0 fully saturated rings. The molecule has 5 nitrogen and oxygen atoms in total. The van der Waals surface area contributed by atoms with Gasteiger partial charge in [0, 0.05) is 4.91 Å². The molecule has 0 bridgehead atoms. The van der Waals surface area contributed by atoms with E-state index in [1.54, 1.807) is 13.0 Å². The predicted molar refractivity (Wildman–Crippen MR) is 53.8 cm³/mol. The van der Waals surface area contributed by atoms with E-state index in [1.807, 2.05) is 0 Å². The van der Waals surface area contributed by atoms with Crippen molar-refractivity contribution in [3.63, 3.8) is 0 Å². The highest BCUT2D eigenvalue weighted by Crippen LogP contribution is 2.15. The molecule has 0 saturated carbocycles. The summed E-state index contributed by atoms with van der Waals surface area (Å²) in [4.78, 5) is 13.5. The number of carbonyl (C=O) groups is 1. The Bertz CT molecular complexity index is 426.